The molecule has 7 heteroatoms. The van der Waals surface area contributed by atoms with Crippen LogP contribution < -0.4 is 5.32 Å². The number of carbonyl (C=O) groups is 1. The third kappa shape index (κ3) is 4.48. The summed E-state index contributed by atoms with van der Waals surface area (Å²) >= 11 is 0. The van der Waals surface area contributed by atoms with Crippen molar-refractivity contribution >= 4 is 11.6 Å². The molecule has 0 saturated carbocycles. The van der Waals surface area contributed by atoms with Crippen LogP contribution in [0.2, 0.25) is 0 Å². The van der Waals surface area contributed by atoms with Crippen LogP contribution in [-0.4, -0.2) is 44.0 Å². The van der Waals surface area contributed by atoms with Crippen LogP contribution in [0.15, 0.2) is 36.7 Å². The molecule has 3 rings (SSSR count). The third-order valence-corrected chi connectivity index (χ3v) is 4.71. The van der Waals surface area contributed by atoms with Gasteiger partial charge in [0.15, 0.2) is 0 Å². The highest BCUT2D eigenvalue weighted by atomic mass is 16.2. The van der Waals surface area contributed by atoms with Crippen LogP contribution in [0.3, 0.4) is 0 Å². The molecule has 28 heavy (non-hydrogen) atoms. The van der Waals surface area contributed by atoms with Crippen LogP contribution in [0.5, 0.6) is 0 Å². The molecule has 0 saturated heterocycles. The molecule has 2 heterocycles. The van der Waals surface area contributed by atoms with E-state index in [1.54, 1.807) is 0 Å². The number of likely N-dealkylation sites (N-methyl/N-ethyl adjacent to an activating group) is 1. The molecule has 1 aromatic carbocycles. The molecule has 0 atom stereocenters. The van der Waals surface area contributed by atoms with Crippen LogP contribution >= 0.6 is 0 Å². The Labute approximate surface area is 166 Å². The molecule has 1 N–H and O–H groups in total. The molecule has 2 aromatic heterocycles. The van der Waals surface area contributed by atoms with Crippen molar-refractivity contribution in [3.05, 3.63) is 59.2 Å². The van der Waals surface area contributed by atoms with Gasteiger partial charge in [-0.25, -0.2) is 4.68 Å². The van der Waals surface area contributed by atoms with Gasteiger partial charge in [-0.1, -0.05) is 12.1 Å². The van der Waals surface area contributed by atoms with Gasteiger partial charge in [-0.2, -0.15) is 10.2 Å². The molecule has 0 aliphatic carbocycles. The Kier molecular flexibility index (Phi) is 5.94. The maximum atomic E-state index is 12.5. The van der Waals surface area contributed by atoms with Gasteiger partial charge in [-0.05, 0) is 52.4 Å². The Bertz CT molecular complexity index is 971. The average Bonchev–Trinajstić information content (AvgIpc) is 3.21. The summed E-state index contributed by atoms with van der Waals surface area (Å²) < 4.78 is 3.76. The lowest BCUT2D eigenvalue weighted by molar-refractivity contribution is -0.117. The summed E-state index contributed by atoms with van der Waals surface area (Å²) in [5, 5.41) is 11.9. The lowest BCUT2D eigenvalue weighted by Crippen LogP contribution is -2.30. The van der Waals surface area contributed by atoms with Crippen molar-refractivity contribution in [1.29, 1.82) is 0 Å². The number of benzene rings is 1. The molecular formula is C21H28N6O. The fourth-order valence-electron chi connectivity index (χ4n) is 3.33. The third-order valence-electron chi connectivity index (χ3n) is 4.71. The fourth-order valence-corrected chi connectivity index (χ4v) is 3.33. The van der Waals surface area contributed by atoms with Crippen LogP contribution in [-0.2, 0) is 17.9 Å². The van der Waals surface area contributed by atoms with Crippen molar-refractivity contribution in [1.82, 2.24) is 24.5 Å². The first-order valence-corrected chi connectivity index (χ1v) is 9.50. The van der Waals surface area contributed by atoms with Crippen LogP contribution in [0.4, 0.5) is 5.69 Å². The number of carbonyl (C=O) groups excluding carboxylic acids is 1. The summed E-state index contributed by atoms with van der Waals surface area (Å²) in [6.45, 7) is 9.72. The second-order valence-corrected chi connectivity index (χ2v) is 7.21. The van der Waals surface area contributed by atoms with Gasteiger partial charge in [0.05, 0.1) is 35.5 Å². The SMILES string of the molecule is CCn1nc(C)c(NC(=O)CN(C)Cc2cnn(-c3cccc(C)c3)c2)c1C. The lowest BCUT2D eigenvalue weighted by atomic mass is 10.2. The molecule has 0 unspecified atom stereocenters. The van der Waals surface area contributed by atoms with Crippen LogP contribution in [0.1, 0.15) is 29.4 Å². The quantitative estimate of drug-likeness (QED) is 0.684. The molecular weight excluding hydrogens is 352 g/mol. The Balaban J connectivity index is 1.59. The molecule has 0 fully saturated rings. The minimum atomic E-state index is -0.0459. The second-order valence-electron chi connectivity index (χ2n) is 7.21. The van der Waals surface area contributed by atoms with Crippen molar-refractivity contribution in [2.75, 3.05) is 18.9 Å². The molecule has 0 bridgehead atoms. The molecule has 1 amide bonds. The average molecular weight is 380 g/mol. The van der Waals surface area contributed by atoms with Gasteiger partial charge in [0.1, 0.15) is 0 Å². The Morgan fingerprint density at radius 1 is 1.25 bits per heavy atom. The number of hydrogen-bond donors (Lipinski definition) is 1. The summed E-state index contributed by atoms with van der Waals surface area (Å²) in [6.07, 6.45) is 3.85. The van der Waals surface area contributed by atoms with E-state index < -0.39 is 0 Å². The van der Waals surface area contributed by atoms with E-state index in [2.05, 4.69) is 34.6 Å². The fraction of sp³-hybridized carbons (Fsp3) is 0.381. The van der Waals surface area contributed by atoms with Gasteiger partial charge < -0.3 is 5.32 Å². The molecule has 148 valence electrons. The number of aryl methyl sites for hydroxylation is 3. The molecule has 0 aliphatic rings. The number of aromatic nitrogens is 4. The predicted octanol–water partition coefficient (Wildman–Crippen LogP) is 3.08. The van der Waals surface area contributed by atoms with E-state index in [-0.39, 0.29) is 5.91 Å². The van der Waals surface area contributed by atoms with Gasteiger partial charge in [-0.3, -0.25) is 14.4 Å². The highest BCUT2D eigenvalue weighted by molar-refractivity contribution is 5.93. The monoisotopic (exact) mass is 380 g/mol. The first-order valence-electron chi connectivity index (χ1n) is 9.50. The van der Waals surface area contributed by atoms with Gasteiger partial charge in [0, 0.05) is 24.8 Å². The van der Waals surface area contributed by atoms with Crippen LogP contribution in [0.25, 0.3) is 5.69 Å². The molecule has 7 nitrogen and oxygen atoms in total. The first kappa shape index (κ1) is 19.8. The maximum Gasteiger partial charge on any atom is 0.238 e. The van der Waals surface area contributed by atoms with Gasteiger partial charge in [-0.15, -0.1) is 0 Å². The van der Waals surface area contributed by atoms with Gasteiger partial charge in [0.25, 0.3) is 0 Å². The topological polar surface area (TPSA) is 68.0 Å². The zero-order valence-corrected chi connectivity index (χ0v) is 17.2. The summed E-state index contributed by atoms with van der Waals surface area (Å²) in [7, 11) is 1.93. The van der Waals surface area contributed by atoms with E-state index in [1.165, 1.54) is 5.56 Å². The minimum Gasteiger partial charge on any atom is -0.322 e. The minimum absolute atomic E-state index is 0.0459. The first-order chi connectivity index (χ1) is 13.4. The Hall–Kier alpha value is -2.93. The van der Waals surface area contributed by atoms with E-state index in [0.29, 0.717) is 13.1 Å². The summed E-state index contributed by atoms with van der Waals surface area (Å²) in [6, 6.07) is 8.21. The Morgan fingerprint density at radius 2 is 2.04 bits per heavy atom. The summed E-state index contributed by atoms with van der Waals surface area (Å²) in [4.78, 5) is 14.4. The second kappa shape index (κ2) is 8.39. The number of anilines is 1. The van der Waals surface area contributed by atoms with E-state index in [1.807, 2.05) is 66.6 Å². The van der Waals surface area contributed by atoms with E-state index >= 15 is 0 Å². The van der Waals surface area contributed by atoms with Crippen LogP contribution in [0, 0.1) is 20.8 Å². The standard InChI is InChI=1S/C21H28N6O/c1-6-26-17(4)21(16(3)24-26)23-20(28)14-25(5)12-18-11-22-27(13-18)19-9-7-8-15(2)10-19/h7-11,13H,6,12,14H2,1-5H3,(H,23,28). The lowest BCUT2D eigenvalue weighted by Gasteiger charge is -2.15. The van der Waals surface area contributed by atoms with Crippen molar-refractivity contribution in [3.63, 3.8) is 0 Å². The van der Waals surface area contributed by atoms with Crippen molar-refractivity contribution in [2.45, 2.75) is 40.8 Å². The number of nitrogens with zero attached hydrogens (tertiary/aromatic N) is 5. The maximum absolute atomic E-state index is 12.5. The smallest absolute Gasteiger partial charge is 0.238 e. The molecule has 0 spiro atoms. The normalized spacial score (nSPS) is 11.2. The van der Waals surface area contributed by atoms with E-state index in [4.69, 9.17) is 0 Å². The summed E-state index contributed by atoms with van der Waals surface area (Å²) in [5.41, 5.74) is 5.92. The summed E-state index contributed by atoms with van der Waals surface area (Å²) in [5.74, 6) is -0.0459. The predicted molar refractivity (Wildman–Crippen MR) is 111 cm³/mol. The zero-order chi connectivity index (χ0) is 20.3. The zero-order valence-electron chi connectivity index (χ0n) is 17.2. The van der Waals surface area contributed by atoms with Crippen molar-refractivity contribution in [3.8, 4) is 5.69 Å². The van der Waals surface area contributed by atoms with Gasteiger partial charge in [0.2, 0.25) is 5.91 Å². The van der Waals surface area contributed by atoms with E-state index in [0.717, 1.165) is 34.9 Å². The highest BCUT2D eigenvalue weighted by Gasteiger charge is 2.15. The highest BCUT2D eigenvalue weighted by Crippen LogP contribution is 2.19. The number of rotatable bonds is 7. The molecule has 0 aliphatic heterocycles. The van der Waals surface area contributed by atoms with Gasteiger partial charge >= 0.3 is 0 Å². The number of amides is 1. The Morgan fingerprint density at radius 3 is 2.71 bits per heavy atom. The molecule has 0 radical (unpaired) electrons. The molecule has 3 aromatic rings. The van der Waals surface area contributed by atoms with Crippen molar-refractivity contribution < 1.29 is 4.79 Å². The number of nitrogens with one attached hydrogen (secondary N) is 1. The van der Waals surface area contributed by atoms with E-state index in [9.17, 15) is 4.79 Å². The number of hydrogen-bond acceptors (Lipinski definition) is 4. The largest absolute Gasteiger partial charge is 0.322 e. The van der Waals surface area contributed by atoms with Crippen molar-refractivity contribution in [2.24, 2.45) is 0 Å².